The summed E-state index contributed by atoms with van der Waals surface area (Å²) in [7, 11) is 1.32. The van der Waals surface area contributed by atoms with Gasteiger partial charge < -0.3 is 9.64 Å². The molecule has 0 aliphatic heterocycles. The van der Waals surface area contributed by atoms with Crippen LogP contribution >= 0.6 is 0 Å². The summed E-state index contributed by atoms with van der Waals surface area (Å²) in [6.07, 6.45) is 6.00. The number of carbonyl (C=O) groups excluding carboxylic acids is 1. The van der Waals surface area contributed by atoms with Gasteiger partial charge in [-0.25, -0.2) is 9.18 Å². The van der Waals surface area contributed by atoms with Crippen LogP contribution in [-0.2, 0) is 4.74 Å². The Bertz CT molecular complexity index is 510. The summed E-state index contributed by atoms with van der Waals surface area (Å²) in [6.45, 7) is 4.76. The second-order valence-electron chi connectivity index (χ2n) is 5.67. The SMILES string of the molecule is CCN(c1cc(F)cc(C(=O)OC)c1C)C1CCCCC1. The van der Waals surface area contributed by atoms with Crippen molar-refractivity contribution in [1.29, 1.82) is 0 Å². The van der Waals surface area contributed by atoms with Crippen LogP contribution in [0.2, 0.25) is 0 Å². The van der Waals surface area contributed by atoms with Gasteiger partial charge in [0.05, 0.1) is 12.7 Å². The molecule has 1 aromatic carbocycles. The van der Waals surface area contributed by atoms with Crippen LogP contribution in [0.25, 0.3) is 0 Å². The highest BCUT2D eigenvalue weighted by atomic mass is 19.1. The molecule has 1 saturated carbocycles. The molecule has 3 nitrogen and oxygen atoms in total. The molecule has 1 fully saturated rings. The van der Waals surface area contributed by atoms with Crippen molar-refractivity contribution < 1.29 is 13.9 Å². The number of anilines is 1. The maximum absolute atomic E-state index is 13.9. The van der Waals surface area contributed by atoms with Crippen molar-refractivity contribution in [2.24, 2.45) is 0 Å². The van der Waals surface area contributed by atoms with E-state index in [1.807, 2.05) is 6.92 Å². The Morgan fingerprint density at radius 2 is 2.00 bits per heavy atom. The summed E-state index contributed by atoms with van der Waals surface area (Å²) in [5.41, 5.74) is 1.95. The van der Waals surface area contributed by atoms with Crippen LogP contribution in [0, 0.1) is 12.7 Å². The van der Waals surface area contributed by atoms with Gasteiger partial charge in [0.1, 0.15) is 5.82 Å². The van der Waals surface area contributed by atoms with Gasteiger partial charge in [0.2, 0.25) is 0 Å². The lowest BCUT2D eigenvalue weighted by atomic mass is 9.93. The molecule has 1 aliphatic rings. The van der Waals surface area contributed by atoms with Gasteiger partial charge in [-0.1, -0.05) is 19.3 Å². The second kappa shape index (κ2) is 6.92. The first-order valence-electron chi connectivity index (χ1n) is 7.73. The van der Waals surface area contributed by atoms with Gasteiger partial charge in [-0.2, -0.15) is 0 Å². The molecule has 1 aromatic rings. The third-order valence-electron chi connectivity index (χ3n) is 4.42. The minimum atomic E-state index is -0.479. The Kier molecular flexibility index (Phi) is 5.21. The summed E-state index contributed by atoms with van der Waals surface area (Å²) in [4.78, 5) is 14.1. The molecule has 0 spiro atoms. The smallest absolute Gasteiger partial charge is 0.338 e. The summed E-state index contributed by atoms with van der Waals surface area (Å²) >= 11 is 0. The van der Waals surface area contributed by atoms with Crippen molar-refractivity contribution in [3.63, 3.8) is 0 Å². The number of carbonyl (C=O) groups is 1. The highest BCUT2D eigenvalue weighted by Gasteiger charge is 2.24. The molecule has 0 aromatic heterocycles. The van der Waals surface area contributed by atoms with Gasteiger partial charge in [-0.3, -0.25) is 0 Å². The number of benzene rings is 1. The molecular weight excluding hydrogens is 269 g/mol. The first-order chi connectivity index (χ1) is 10.1. The van der Waals surface area contributed by atoms with E-state index in [2.05, 4.69) is 11.8 Å². The maximum atomic E-state index is 13.9. The zero-order valence-corrected chi connectivity index (χ0v) is 13.1. The predicted molar refractivity (Wildman–Crippen MR) is 82.4 cm³/mol. The predicted octanol–water partition coefficient (Wildman–Crippen LogP) is 4.08. The van der Waals surface area contributed by atoms with E-state index < -0.39 is 5.97 Å². The monoisotopic (exact) mass is 293 g/mol. The molecule has 0 unspecified atom stereocenters. The molecule has 0 amide bonds. The Morgan fingerprint density at radius 1 is 1.33 bits per heavy atom. The van der Waals surface area contributed by atoms with Gasteiger partial charge in [0, 0.05) is 18.3 Å². The highest BCUT2D eigenvalue weighted by Crippen LogP contribution is 2.31. The summed E-state index contributed by atoms with van der Waals surface area (Å²) in [5, 5.41) is 0. The largest absolute Gasteiger partial charge is 0.465 e. The van der Waals surface area contributed by atoms with Crippen LogP contribution in [0.3, 0.4) is 0 Å². The lowest BCUT2D eigenvalue weighted by Gasteiger charge is -2.36. The number of esters is 1. The first-order valence-corrected chi connectivity index (χ1v) is 7.73. The van der Waals surface area contributed by atoms with Crippen LogP contribution < -0.4 is 4.90 Å². The number of ether oxygens (including phenoxy) is 1. The number of rotatable bonds is 4. The minimum absolute atomic E-state index is 0.321. The van der Waals surface area contributed by atoms with E-state index in [1.165, 1.54) is 32.4 Å². The third kappa shape index (κ3) is 3.36. The summed E-state index contributed by atoms with van der Waals surface area (Å²) < 4.78 is 18.7. The van der Waals surface area contributed by atoms with Crippen molar-refractivity contribution >= 4 is 11.7 Å². The topological polar surface area (TPSA) is 29.5 Å². The first kappa shape index (κ1) is 15.8. The molecule has 21 heavy (non-hydrogen) atoms. The van der Waals surface area contributed by atoms with Crippen LogP contribution in [0.15, 0.2) is 12.1 Å². The molecule has 0 heterocycles. The lowest BCUT2D eigenvalue weighted by molar-refractivity contribution is 0.0599. The van der Waals surface area contributed by atoms with Gasteiger partial charge >= 0.3 is 5.97 Å². The Morgan fingerprint density at radius 3 is 2.57 bits per heavy atom. The third-order valence-corrected chi connectivity index (χ3v) is 4.42. The molecule has 2 rings (SSSR count). The molecule has 0 radical (unpaired) electrons. The quantitative estimate of drug-likeness (QED) is 0.783. The van der Waals surface area contributed by atoms with Gasteiger partial charge in [0.25, 0.3) is 0 Å². The van der Waals surface area contributed by atoms with Crippen molar-refractivity contribution in [2.75, 3.05) is 18.6 Å². The van der Waals surface area contributed by atoms with Crippen LogP contribution in [0.1, 0.15) is 54.9 Å². The molecule has 0 atom stereocenters. The molecule has 116 valence electrons. The normalized spacial score (nSPS) is 15.8. The van der Waals surface area contributed by atoms with E-state index in [0.717, 1.165) is 30.6 Å². The summed E-state index contributed by atoms with van der Waals surface area (Å²) in [5.74, 6) is -0.863. The number of hydrogen-bond donors (Lipinski definition) is 0. The molecule has 0 saturated heterocycles. The van der Waals surface area contributed by atoms with E-state index in [1.54, 1.807) is 6.07 Å². The van der Waals surface area contributed by atoms with E-state index in [4.69, 9.17) is 4.74 Å². The Labute approximate surface area is 126 Å². The lowest BCUT2D eigenvalue weighted by Crippen LogP contribution is -2.37. The Balaban J connectivity index is 2.40. The summed E-state index contributed by atoms with van der Waals surface area (Å²) in [6, 6.07) is 3.24. The number of halogens is 1. The van der Waals surface area contributed by atoms with Crippen molar-refractivity contribution in [3.8, 4) is 0 Å². The average molecular weight is 293 g/mol. The fourth-order valence-electron chi connectivity index (χ4n) is 3.30. The molecule has 4 heteroatoms. The van der Waals surface area contributed by atoms with E-state index in [9.17, 15) is 9.18 Å². The minimum Gasteiger partial charge on any atom is -0.465 e. The van der Waals surface area contributed by atoms with Crippen LogP contribution in [0.5, 0.6) is 0 Å². The Hall–Kier alpha value is -1.58. The fourth-order valence-corrected chi connectivity index (χ4v) is 3.30. The maximum Gasteiger partial charge on any atom is 0.338 e. The van der Waals surface area contributed by atoms with E-state index in [-0.39, 0.29) is 5.82 Å². The van der Waals surface area contributed by atoms with Crippen LogP contribution in [-0.4, -0.2) is 25.7 Å². The van der Waals surface area contributed by atoms with Crippen LogP contribution in [0.4, 0.5) is 10.1 Å². The standard InChI is InChI=1S/C17H24FNO2/c1-4-19(14-8-6-5-7-9-14)16-11-13(18)10-15(12(16)2)17(20)21-3/h10-11,14H,4-9H2,1-3H3. The van der Waals surface area contributed by atoms with Crippen molar-refractivity contribution in [2.45, 2.75) is 52.0 Å². The fraction of sp³-hybridized carbons (Fsp3) is 0.588. The molecule has 0 N–H and O–H groups in total. The van der Waals surface area contributed by atoms with E-state index >= 15 is 0 Å². The van der Waals surface area contributed by atoms with E-state index in [0.29, 0.717) is 11.6 Å². The van der Waals surface area contributed by atoms with Crippen molar-refractivity contribution in [3.05, 3.63) is 29.1 Å². The number of hydrogen-bond acceptors (Lipinski definition) is 3. The van der Waals surface area contributed by atoms with Gasteiger partial charge in [0.15, 0.2) is 0 Å². The zero-order chi connectivity index (χ0) is 15.4. The second-order valence-corrected chi connectivity index (χ2v) is 5.67. The van der Waals surface area contributed by atoms with Gasteiger partial charge in [-0.05, 0) is 44.4 Å². The van der Waals surface area contributed by atoms with Gasteiger partial charge in [-0.15, -0.1) is 0 Å². The number of nitrogens with zero attached hydrogens (tertiary/aromatic N) is 1. The number of methoxy groups -OCH3 is 1. The molecule has 1 aliphatic carbocycles. The molecular formula is C17H24FNO2. The average Bonchev–Trinajstić information content (AvgIpc) is 2.51. The molecule has 0 bridgehead atoms. The van der Waals surface area contributed by atoms with Crippen molar-refractivity contribution in [1.82, 2.24) is 0 Å². The highest BCUT2D eigenvalue weighted by molar-refractivity contribution is 5.92. The zero-order valence-electron chi connectivity index (χ0n) is 13.1.